The van der Waals surface area contributed by atoms with Gasteiger partial charge in [0.2, 0.25) is 6.41 Å². The second kappa shape index (κ2) is 4.73. The normalized spacial score (nSPS) is 11.1. The summed E-state index contributed by atoms with van der Waals surface area (Å²) in [6, 6.07) is 0. The van der Waals surface area contributed by atoms with Gasteiger partial charge in [-0.05, 0) is 0 Å². The van der Waals surface area contributed by atoms with Crippen LogP contribution in [0.3, 0.4) is 0 Å². The van der Waals surface area contributed by atoms with Crippen LogP contribution in [0.1, 0.15) is 4.88 Å². The number of nitrogens with zero attached hydrogens (tertiary/aromatic N) is 1. The van der Waals surface area contributed by atoms with E-state index in [0.29, 0.717) is 16.4 Å². The quantitative estimate of drug-likeness (QED) is 0.607. The van der Waals surface area contributed by atoms with Gasteiger partial charge in [-0.25, -0.2) is 9.78 Å². The first-order chi connectivity index (χ1) is 6.69. The summed E-state index contributed by atoms with van der Waals surface area (Å²) in [4.78, 5) is 24.8. The average molecular weight is 233 g/mol. The van der Waals surface area contributed by atoms with Crippen LogP contribution in [0.5, 0.6) is 0 Å². The Morgan fingerprint density at radius 3 is 2.93 bits per heavy atom. The van der Waals surface area contributed by atoms with Crippen LogP contribution in [0.25, 0.3) is 5.57 Å². The molecule has 0 fully saturated rings. The summed E-state index contributed by atoms with van der Waals surface area (Å²) in [5.41, 5.74) is 0.906. The Balaban J connectivity index is 2.95. The first-order valence-electron chi connectivity index (χ1n) is 3.39. The van der Waals surface area contributed by atoms with Crippen molar-refractivity contribution in [3.63, 3.8) is 0 Å². The van der Waals surface area contributed by atoms with Gasteiger partial charge >= 0.3 is 5.97 Å². The Hall–Kier alpha value is -1.40. The summed E-state index contributed by atoms with van der Waals surface area (Å²) < 4.78 is 0. The zero-order chi connectivity index (χ0) is 10.6. The molecule has 0 aliphatic heterocycles. The van der Waals surface area contributed by atoms with Crippen molar-refractivity contribution in [2.45, 2.75) is 0 Å². The number of anilines is 1. The van der Waals surface area contributed by atoms with Crippen LogP contribution < -0.4 is 5.32 Å². The maximum Gasteiger partial charge on any atom is 0.338 e. The first-order valence-corrected chi connectivity index (χ1v) is 4.64. The summed E-state index contributed by atoms with van der Waals surface area (Å²) in [5, 5.41) is 11.3. The lowest BCUT2D eigenvalue weighted by molar-refractivity contribution is -0.130. The Bertz CT molecular complexity index is 388. The number of carboxylic acid groups (broad SMARTS) is 1. The molecule has 0 aliphatic carbocycles. The molecular weight excluding hydrogens is 228 g/mol. The number of carboxylic acids is 1. The molecule has 1 amide bonds. The highest BCUT2D eigenvalue weighted by Crippen LogP contribution is 2.25. The molecule has 1 aromatic rings. The number of aromatic nitrogens is 1. The van der Waals surface area contributed by atoms with Crippen LogP contribution in [0.2, 0.25) is 0 Å². The lowest BCUT2D eigenvalue weighted by Gasteiger charge is -1.93. The molecule has 0 saturated carbocycles. The molecule has 0 saturated heterocycles. The van der Waals surface area contributed by atoms with E-state index >= 15 is 0 Å². The third-order valence-electron chi connectivity index (χ3n) is 1.29. The number of carbonyl (C=O) groups is 2. The van der Waals surface area contributed by atoms with E-state index in [9.17, 15) is 9.59 Å². The summed E-state index contributed by atoms with van der Waals surface area (Å²) in [6.45, 7) is 0. The van der Waals surface area contributed by atoms with Gasteiger partial charge in [-0.3, -0.25) is 4.79 Å². The minimum Gasteiger partial charge on any atom is -0.478 e. The fourth-order valence-corrected chi connectivity index (χ4v) is 1.78. The van der Waals surface area contributed by atoms with Gasteiger partial charge in [0.15, 0.2) is 5.13 Å². The Morgan fingerprint density at radius 2 is 2.43 bits per heavy atom. The van der Waals surface area contributed by atoms with Crippen molar-refractivity contribution in [1.82, 2.24) is 4.98 Å². The van der Waals surface area contributed by atoms with Gasteiger partial charge in [0.25, 0.3) is 0 Å². The zero-order valence-electron chi connectivity index (χ0n) is 6.73. The number of nitrogens with one attached hydrogen (secondary N) is 1. The van der Waals surface area contributed by atoms with Gasteiger partial charge in [0, 0.05) is 11.7 Å². The molecular formula is C7H5ClN2O3S. The standard InChI is InChI=1S/C7H5ClN2O3S/c8-1-4(6(12)13)5-2-9-7(14-5)10-3-11/h1-3H,(H,12,13)(H,9,10,11)/b4-1+. The molecule has 1 rings (SSSR count). The molecule has 0 unspecified atom stereocenters. The molecule has 0 atom stereocenters. The van der Waals surface area contributed by atoms with E-state index in [0.717, 1.165) is 16.9 Å². The fourth-order valence-electron chi connectivity index (χ4n) is 0.722. The van der Waals surface area contributed by atoms with Crippen LogP contribution in [-0.2, 0) is 9.59 Å². The Labute approximate surface area is 88.0 Å². The number of hydrogen-bond donors (Lipinski definition) is 2. The summed E-state index contributed by atoms with van der Waals surface area (Å²) in [6.07, 6.45) is 1.80. The van der Waals surface area contributed by atoms with Gasteiger partial charge in [-0.2, -0.15) is 0 Å². The highest BCUT2D eigenvalue weighted by molar-refractivity contribution is 7.17. The number of aliphatic carboxylic acids is 1. The Kier molecular flexibility index (Phi) is 3.61. The van der Waals surface area contributed by atoms with Crippen molar-refractivity contribution in [3.8, 4) is 0 Å². The zero-order valence-corrected chi connectivity index (χ0v) is 8.30. The molecule has 5 nitrogen and oxygen atoms in total. The van der Waals surface area contributed by atoms with E-state index < -0.39 is 5.97 Å². The molecule has 1 aromatic heterocycles. The van der Waals surface area contributed by atoms with Gasteiger partial charge < -0.3 is 10.4 Å². The number of amides is 1. The molecule has 0 aliphatic rings. The minimum atomic E-state index is -1.14. The minimum absolute atomic E-state index is 0.0527. The summed E-state index contributed by atoms with van der Waals surface area (Å²) in [7, 11) is 0. The van der Waals surface area contributed by atoms with E-state index in [1.807, 2.05) is 0 Å². The summed E-state index contributed by atoms with van der Waals surface area (Å²) in [5.74, 6) is -1.14. The number of halogens is 1. The fraction of sp³-hybridized carbons (Fsp3) is 0. The molecule has 0 bridgehead atoms. The van der Waals surface area contributed by atoms with Crippen molar-refractivity contribution >= 4 is 46.0 Å². The highest BCUT2D eigenvalue weighted by atomic mass is 35.5. The van der Waals surface area contributed by atoms with Crippen molar-refractivity contribution in [2.75, 3.05) is 5.32 Å². The molecule has 0 spiro atoms. The van der Waals surface area contributed by atoms with Crippen LogP contribution in [0, 0.1) is 0 Å². The monoisotopic (exact) mass is 232 g/mol. The van der Waals surface area contributed by atoms with Gasteiger partial charge in [-0.1, -0.05) is 22.9 Å². The van der Waals surface area contributed by atoms with Crippen LogP contribution in [-0.4, -0.2) is 22.5 Å². The van der Waals surface area contributed by atoms with Crippen LogP contribution in [0.15, 0.2) is 11.7 Å². The number of carbonyl (C=O) groups excluding carboxylic acids is 1. The molecule has 2 N–H and O–H groups in total. The molecule has 74 valence electrons. The second-order valence-corrected chi connectivity index (χ2v) is 3.37. The Morgan fingerprint density at radius 1 is 1.71 bits per heavy atom. The van der Waals surface area contributed by atoms with Gasteiger partial charge in [-0.15, -0.1) is 0 Å². The first kappa shape index (κ1) is 10.7. The summed E-state index contributed by atoms with van der Waals surface area (Å²) >= 11 is 6.36. The average Bonchev–Trinajstić information content (AvgIpc) is 2.54. The lowest BCUT2D eigenvalue weighted by Crippen LogP contribution is -1.96. The van der Waals surface area contributed by atoms with Crippen molar-refractivity contribution in [1.29, 1.82) is 0 Å². The third-order valence-corrected chi connectivity index (χ3v) is 2.47. The van der Waals surface area contributed by atoms with E-state index in [1.165, 1.54) is 6.20 Å². The molecule has 7 heteroatoms. The van der Waals surface area contributed by atoms with Crippen LogP contribution >= 0.6 is 22.9 Å². The molecule has 14 heavy (non-hydrogen) atoms. The second-order valence-electron chi connectivity index (χ2n) is 2.12. The number of rotatable bonds is 4. The maximum atomic E-state index is 10.6. The van der Waals surface area contributed by atoms with Gasteiger partial charge in [0.05, 0.1) is 10.5 Å². The lowest BCUT2D eigenvalue weighted by atomic mass is 10.3. The smallest absolute Gasteiger partial charge is 0.338 e. The molecule has 0 aromatic carbocycles. The maximum absolute atomic E-state index is 10.6. The number of thiazole rings is 1. The van der Waals surface area contributed by atoms with Crippen molar-refractivity contribution in [3.05, 3.63) is 16.6 Å². The van der Waals surface area contributed by atoms with Crippen LogP contribution in [0.4, 0.5) is 5.13 Å². The van der Waals surface area contributed by atoms with E-state index in [4.69, 9.17) is 16.7 Å². The third kappa shape index (κ3) is 2.30. The molecule has 0 radical (unpaired) electrons. The van der Waals surface area contributed by atoms with E-state index in [2.05, 4.69) is 10.3 Å². The van der Waals surface area contributed by atoms with Crippen molar-refractivity contribution in [2.24, 2.45) is 0 Å². The SMILES string of the molecule is O=CNc1ncc(/C(=C\Cl)C(=O)O)s1. The largest absolute Gasteiger partial charge is 0.478 e. The number of hydrogen-bond acceptors (Lipinski definition) is 4. The molecule has 1 heterocycles. The van der Waals surface area contributed by atoms with E-state index in [1.54, 1.807) is 0 Å². The van der Waals surface area contributed by atoms with E-state index in [-0.39, 0.29) is 5.57 Å². The van der Waals surface area contributed by atoms with Gasteiger partial charge in [0.1, 0.15) is 0 Å². The van der Waals surface area contributed by atoms with Crippen molar-refractivity contribution < 1.29 is 14.7 Å². The predicted octanol–water partition coefficient (Wildman–Crippen LogP) is 1.38. The topological polar surface area (TPSA) is 79.3 Å². The predicted molar refractivity (Wildman–Crippen MR) is 53.3 cm³/mol. The highest BCUT2D eigenvalue weighted by Gasteiger charge is 2.13.